The van der Waals surface area contributed by atoms with Crippen LogP contribution in [0.25, 0.3) is 10.9 Å². The number of guanidine groups is 1. The molecule has 0 aliphatic rings. The highest BCUT2D eigenvalue weighted by Gasteiger charge is 2.22. The zero-order valence-electron chi connectivity index (χ0n) is 22.0. The molecule has 9 N–H and O–H groups in total. The molecular formula is C27H38N8O4. The monoisotopic (exact) mass is 538 g/mol. The number of hydrogen-bond acceptors (Lipinski definition) is 6. The fourth-order valence-corrected chi connectivity index (χ4v) is 4.27. The molecular weight excluding hydrogens is 500 g/mol. The number of amides is 1. The zero-order valence-corrected chi connectivity index (χ0v) is 22.0. The minimum atomic E-state index is -1.13. The first-order valence-corrected chi connectivity index (χ1v) is 13.0. The normalized spacial score (nSPS) is 12.4. The van der Waals surface area contributed by atoms with Crippen LogP contribution in [0.5, 0.6) is 0 Å². The van der Waals surface area contributed by atoms with E-state index in [1.54, 1.807) is 23.4 Å². The maximum absolute atomic E-state index is 13.2. The summed E-state index contributed by atoms with van der Waals surface area (Å²) in [6.45, 7) is 1.38. The number of nitrogens with zero attached hydrogens (tertiary/aromatic N) is 3. The van der Waals surface area contributed by atoms with Gasteiger partial charge in [-0.2, -0.15) is 0 Å². The summed E-state index contributed by atoms with van der Waals surface area (Å²) in [5, 5.41) is 24.6. The van der Waals surface area contributed by atoms with Crippen LogP contribution in [0.2, 0.25) is 0 Å². The summed E-state index contributed by atoms with van der Waals surface area (Å²) < 4.78 is 0. The molecule has 0 saturated heterocycles. The molecule has 1 unspecified atom stereocenters. The second-order valence-electron chi connectivity index (χ2n) is 9.23. The number of para-hydroxylation sites is 1. The first kappa shape index (κ1) is 29.4. The number of carbonyl (C=O) groups excluding carboxylic acids is 1. The molecule has 0 aliphatic carbocycles. The predicted octanol–water partition coefficient (Wildman–Crippen LogP) is 0.910. The largest absolute Gasteiger partial charge is 0.481 e. The molecule has 0 radical (unpaired) electrons. The van der Waals surface area contributed by atoms with E-state index < -0.39 is 12.1 Å². The molecule has 12 heteroatoms. The van der Waals surface area contributed by atoms with Crippen LogP contribution in [0.4, 0.5) is 0 Å². The first-order valence-electron chi connectivity index (χ1n) is 13.0. The molecule has 2 aromatic heterocycles. The van der Waals surface area contributed by atoms with Crippen molar-refractivity contribution in [3.63, 3.8) is 0 Å². The number of rotatable bonds is 17. The van der Waals surface area contributed by atoms with Gasteiger partial charge in [0.15, 0.2) is 5.96 Å². The number of carboxylic acid groups (broad SMARTS) is 1. The van der Waals surface area contributed by atoms with E-state index >= 15 is 0 Å². The van der Waals surface area contributed by atoms with Gasteiger partial charge in [0.1, 0.15) is 5.82 Å². The van der Waals surface area contributed by atoms with Gasteiger partial charge >= 0.3 is 5.97 Å². The lowest BCUT2D eigenvalue weighted by Gasteiger charge is -2.27. The molecule has 0 bridgehead atoms. The van der Waals surface area contributed by atoms with E-state index in [0.717, 1.165) is 22.3 Å². The number of hydrogen-bond donors (Lipinski definition) is 7. The Kier molecular flexibility index (Phi) is 11.5. The number of aliphatic carboxylic acids is 1. The molecule has 1 atom stereocenters. The molecule has 12 nitrogen and oxygen atoms in total. The number of carboxylic acids is 1. The Morgan fingerprint density at radius 1 is 1.21 bits per heavy atom. The topological polar surface area (TPSA) is 199 Å². The van der Waals surface area contributed by atoms with Crippen molar-refractivity contribution in [2.45, 2.75) is 38.2 Å². The van der Waals surface area contributed by atoms with Crippen LogP contribution in [0, 0.1) is 0 Å². The highest BCUT2D eigenvalue weighted by molar-refractivity contribution is 5.83. The van der Waals surface area contributed by atoms with Crippen molar-refractivity contribution in [3.05, 3.63) is 65.9 Å². The molecule has 39 heavy (non-hydrogen) atoms. The van der Waals surface area contributed by atoms with Gasteiger partial charge in [-0.25, -0.2) is 4.98 Å². The third-order valence-corrected chi connectivity index (χ3v) is 6.29. The van der Waals surface area contributed by atoms with Crippen LogP contribution in [-0.4, -0.2) is 86.7 Å². The van der Waals surface area contributed by atoms with Gasteiger partial charge in [0, 0.05) is 55.5 Å². The van der Waals surface area contributed by atoms with Crippen molar-refractivity contribution >= 4 is 28.7 Å². The van der Waals surface area contributed by atoms with Crippen LogP contribution in [-0.2, 0) is 22.4 Å². The summed E-state index contributed by atoms with van der Waals surface area (Å²) in [6, 6.07) is 7.93. The Morgan fingerprint density at radius 2 is 2.03 bits per heavy atom. The van der Waals surface area contributed by atoms with Crippen LogP contribution < -0.4 is 16.8 Å². The third-order valence-electron chi connectivity index (χ3n) is 6.29. The minimum absolute atomic E-state index is 0.00750. The summed E-state index contributed by atoms with van der Waals surface area (Å²) in [6.07, 6.45) is 7.91. The molecule has 0 fully saturated rings. The number of aliphatic hydroxyl groups is 1. The van der Waals surface area contributed by atoms with E-state index in [-0.39, 0.29) is 31.4 Å². The molecule has 3 aromatic rings. The number of H-pyrrole nitrogens is 2. The van der Waals surface area contributed by atoms with Gasteiger partial charge < -0.3 is 41.9 Å². The van der Waals surface area contributed by atoms with Gasteiger partial charge in [0.25, 0.3) is 0 Å². The number of nitrogens with two attached hydrogens (primary N) is 2. The van der Waals surface area contributed by atoms with Gasteiger partial charge in [-0.15, -0.1) is 0 Å². The van der Waals surface area contributed by atoms with Crippen LogP contribution in [0.3, 0.4) is 0 Å². The van der Waals surface area contributed by atoms with Gasteiger partial charge in [-0.1, -0.05) is 24.3 Å². The minimum Gasteiger partial charge on any atom is -0.481 e. The summed E-state index contributed by atoms with van der Waals surface area (Å²) >= 11 is 0. The van der Waals surface area contributed by atoms with Crippen molar-refractivity contribution < 1.29 is 19.8 Å². The van der Waals surface area contributed by atoms with E-state index in [9.17, 15) is 19.8 Å². The van der Waals surface area contributed by atoms with Gasteiger partial charge in [0.05, 0.1) is 25.6 Å². The SMILES string of the molecule is NC(N)=NCCCC=C(CC(=O)O)C(O)CN(CCc1c[nH]c2ccccc12)C(=O)CNCCc1ncc[nH]1. The number of aromatic amines is 2. The Bertz CT molecular complexity index is 1250. The van der Waals surface area contributed by atoms with Gasteiger partial charge in [0.2, 0.25) is 5.91 Å². The quantitative estimate of drug-likeness (QED) is 0.0569. The average Bonchev–Trinajstić information content (AvgIpc) is 3.57. The van der Waals surface area contributed by atoms with Crippen LogP contribution in [0.1, 0.15) is 30.7 Å². The van der Waals surface area contributed by atoms with Crippen molar-refractivity contribution in [2.24, 2.45) is 16.5 Å². The maximum Gasteiger partial charge on any atom is 0.307 e. The highest BCUT2D eigenvalue weighted by Crippen LogP contribution is 2.19. The number of benzene rings is 1. The van der Waals surface area contributed by atoms with Crippen molar-refractivity contribution in [3.8, 4) is 0 Å². The smallest absolute Gasteiger partial charge is 0.307 e. The molecule has 1 aromatic carbocycles. The molecule has 3 rings (SSSR count). The van der Waals surface area contributed by atoms with Crippen LogP contribution in [0.15, 0.2) is 59.5 Å². The lowest BCUT2D eigenvalue weighted by Crippen LogP contribution is -2.44. The molecule has 1 amide bonds. The van der Waals surface area contributed by atoms with Gasteiger partial charge in [-0.05, 0) is 36.5 Å². The highest BCUT2D eigenvalue weighted by atomic mass is 16.4. The van der Waals surface area contributed by atoms with Crippen molar-refractivity contribution in [2.75, 3.05) is 32.7 Å². The lowest BCUT2D eigenvalue weighted by atomic mass is 10.0. The summed E-state index contributed by atoms with van der Waals surface area (Å²) in [5.41, 5.74) is 13.1. The van der Waals surface area contributed by atoms with E-state index in [4.69, 9.17) is 11.5 Å². The first-order chi connectivity index (χ1) is 18.8. The fraction of sp³-hybridized carbons (Fsp3) is 0.407. The number of imidazole rings is 1. The molecule has 210 valence electrons. The fourth-order valence-electron chi connectivity index (χ4n) is 4.27. The van der Waals surface area contributed by atoms with Crippen LogP contribution >= 0.6 is 0 Å². The van der Waals surface area contributed by atoms with E-state index in [1.165, 1.54) is 0 Å². The summed E-state index contributed by atoms with van der Waals surface area (Å²) in [5.74, 6) is -0.423. The molecule has 2 heterocycles. The van der Waals surface area contributed by atoms with E-state index in [0.29, 0.717) is 50.9 Å². The Balaban J connectivity index is 1.66. The number of nitrogens with one attached hydrogen (secondary N) is 3. The van der Waals surface area contributed by atoms with E-state index in [2.05, 4.69) is 25.3 Å². The Labute approximate surface area is 227 Å². The molecule has 0 saturated carbocycles. The summed E-state index contributed by atoms with van der Waals surface area (Å²) in [4.78, 5) is 40.6. The standard InChI is InChI=1S/C27H38N8O4/c28-27(29)33-10-4-3-5-19(15-26(38)39)23(36)18-35(25(37)17-30-11-8-24-31-12-13-32-24)14-9-20-16-34-22-7-2-1-6-21(20)22/h1-2,5-7,12-13,16,23,30,34,36H,3-4,8-11,14-15,17-18H2,(H,31,32)(H,38,39)(H4,28,29,33). The number of aromatic nitrogens is 3. The number of aliphatic imine (C=N–C) groups is 1. The zero-order chi connectivity index (χ0) is 28.0. The summed E-state index contributed by atoms with van der Waals surface area (Å²) in [7, 11) is 0. The third kappa shape index (κ3) is 9.91. The second-order valence-corrected chi connectivity index (χ2v) is 9.23. The maximum atomic E-state index is 13.2. The number of fused-ring (bicyclic) bond motifs is 1. The number of carbonyl (C=O) groups is 2. The van der Waals surface area contributed by atoms with Crippen molar-refractivity contribution in [1.29, 1.82) is 0 Å². The van der Waals surface area contributed by atoms with E-state index in [1.807, 2.05) is 30.5 Å². The molecule has 0 aliphatic heterocycles. The van der Waals surface area contributed by atoms with Gasteiger partial charge in [-0.3, -0.25) is 14.6 Å². The molecule has 0 spiro atoms. The lowest BCUT2D eigenvalue weighted by molar-refractivity contribution is -0.136. The number of aliphatic hydroxyl groups excluding tert-OH is 1. The Hall–Kier alpha value is -4.16. The predicted molar refractivity (Wildman–Crippen MR) is 150 cm³/mol. The second kappa shape index (κ2) is 15.3. The average molecular weight is 539 g/mol. The number of allylic oxidation sites excluding steroid dienone is 1. The Morgan fingerprint density at radius 3 is 2.77 bits per heavy atom. The van der Waals surface area contributed by atoms with Crippen molar-refractivity contribution in [1.82, 2.24) is 25.2 Å². The number of unbranched alkanes of at least 4 members (excludes halogenated alkanes) is 1.